The zero-order chi connectivity index (χ0) is 40.4. The van der Waals surface area contributed by atoms with E-state index in [0.29, 0.717) is 23.2 Å². The van der Waals surface area contributed by atoms with Crippen molar-refractivity contribution in [3.63, 3.8) is 0 Å². The van der Waals surface area contributed by atoms with E-state index in [-0.39, 0.29) is 29.2 Å². The van der Waals surface area contributed by atoms with Crippen LogP contribution in [0.1, 0.15) is 72.4 Å². The SMILES string of the molecule is CC(=O)c1ccc(C(=O)N(C)CC(=O)O[C@H]2CC(=O)N(C)c3cc(cc(CO)c3Cl)C/C(C)=C/C=C/[C@@H](CO)[C@@]3(O)C[C@H](OC(=O)N3)[C@@H](C)[C@@H]3O[C@@]23C)cc1. The number of likely N-dealkylation sites (N-methyl/N-ethyl adjacent to an activating group) is 1. The second kappa shape index (κ2) is 16.6. The molecule has 14 nitrogen and oxygen atoms in total. The first-order chi connectivity index (χ1) is 25.9. The molecule has 2 aromatic rings. The molecule has 7 atom stereocenters. The van der Waals surface area contributed by atoms with E-state index in [0.717, 1.165) is 16.0 Å². The topological polar surface area (TPSA) is 196 Å². The Kier molecular flexibility index (Phi) is 12.6. The first-order valence-corrected chi connectivity index (χ1v) is 18.4. The van der Waals surface area contributed by atoms with Crippen molar-refractivity contribution in [1.29, 1.82) is 0 Å². The third-order valence-electron chi connectivity index (χ3n) is 10.7. The number of hydrogen-bond donors (Lipinski definition) is 4. The van der Waals surface area contributed by atoms with Gasteiger partial charge in [-0.2, -0.15) is 0 Å². The van der Waals surface area contributed by atoms with Crippen LogP contribution in [0.4, 0.5) is 10.5 Å². The molecule has 4 N–H and O–H groups in total. The summed E-state index contributed by atoms with van der Waals surface area (Å²) in [5, 5.41) is 34.8. The minimum Gasteiger partial charge on any atom is -0.457 e. The van der Waals surface area contributed by atoms with Gasteiger partial charge in [0.05, 0.1) is 36.4 Å². The second-order valence-corrected chi connectivity index (χ2v) is 15.2. The molecule has 2 aromatic carbocycles. The van der Waals surface area contributed by atoms with Crippen LogP contribution in [0.15, 0.2) is 60.2 Å². The largest absolute Gasteiger partial charge is 0.457 e. The summed E-state index contributed by atoms with van der Waals surface area (Å²) in [7, 11) is 2.94. The predicted molar refractivity (Wildman–Crippen MR) is 201 cm³/mol. The highest BCUT2D eigenvalue weighted by Crippen LogP contribution is 2.49. The van der Waals surface area contributed by atoms with Crippen molar-refractivity contribution in [3.05, 3.63) is 87.5 Å². The molecule has 3 amide bonds. The van der Waals surface area contributed by atoms with Gasteiger partial charge < -0.3 is 39.3 Å². The first-order valence-electron chi connectivity index (χ1n) is 18.0. The van der Waals surface area contributed by atoms with Gasteiger partial charge in [0.15, 0.2) is 11.5 Å². The Morgan fingerprint density at radius 1 is 1.13 bits per heavy atom. The van der Waals surface area contributed by atoms with E-state index >= 15 is 0 Å². The van der Waals surface area contributed by atoms with Crippen LogP contribution in [0.2, 0.25) is 5.02 Å². The van der Waals surface area contributed by atoms with E-state index < -0.39 is 85.1 Å². The summed E-state index contributed by atoms with van der Waals surface area (Å²) >= 11 is 6.70. The first kappa shape index (κ1) is 41.6. The zero-order valence-electron chi connectivity index (χ0n) is 31.7. The highest BCUT2D eigenvalue weighted by atomic mass is 35.5. The average molecular weight is 782 g/mol. The van der Waals surface area contributed by atoms with Crippen molar-refractivity contribution in [2.45, 2.75) is 83.2 Å². The second-order valence-electron chi connectivity index (χ2n) is 14.8. The van der Waals surface area contributed by atoms with Crippen molar-refractivity contribution in [2.24, 2.45) is 11.8 Å². The molecule has 0 radical (unpaired) electrons. The molecular weight excluding hydrogens is 734 g/mol. The molecule has 0 aromatic heterocycles. The van der Waals surface area contributed by atoms with Crippen LogP contribution in [-0.4, -0.2) is 107 Å². The Morgan fingerprint density at radius 2 is 1.80 bits per heavy atom. The minimum atomic E-state index is -1.88. The van der Waals surface area contributed by atoms with E-state index in [4.69, 9.17) is 25.8 Å². The van der Waals surface area contributed by atoms with Gasteiger partial charge in [-0.05, 0) is 56.5 Å². The van der Waals surface area contributed by atoms with Gasteiger partial charge in [-0.3, -0.25) is 24.5 Å². The molecule has 2 saturated heterocycles. The maximum atomic E-state index is 14.1. The molecule has 0 aliphatic carbocycles. The minimum absolute atomic E-state index is 0.116. The van der Waals surface area contributed by atoms with Crippen LogP contribution < -0.4 is 10.2 Å². The number of rotatable bonds is 7. The number of aliphatic hydroxyl groups excluding tert-OH is 2. The maximum Gasteiger partial charge on any atom is 0.409 e. The van der Waals surface area contributed by atoms with Crippen molar-refractivity contribution in [3.8, 4) is 0 Å². The number of ketones is 1. The van der Waals surface area contributed by atoms with Gasteiger partial charge in [-0.1, -0.05) is 60.5 Å². The van der Waals surface area contributed by atoms with E-state index in [1.54, 1.807) is 44.2 Å². The van der Waals surface area contributed by atoms with Crippen LogP contribution in [0.25, 0.3) is 0 Å². The van der Waals surface area contributed by atoms with Gasteiger partial charge in [0, 0.05) is 43.5 Å². The fourth-order valence-electron chi connectivity index (χ4n) is 7.22. The number of hydrogen-bond acceptors (Lipinski definition) is 11. The summed E-state index contributed by atoms with van der Waals surface area (Å²) in [5.74, 6) is -3.50. The number of amides is 3. The molecule has 2 fully saturated rings. The molecule has 3 aliphatic rings. The van der Waals surface area contributed by atoms with Gasteiger partial charge in [0.25, 0.3) is 5.91 Å². The zero-order valence-corrected chi connectivity index (χ0v) is 32.5. The van der Waals surface area contributed by atoms with Crippen LogP contribution in [0.3, 0.4) is 0 Å². The Morgan fingerprint density at radius 3 is 2.44 bits per heavy atom. The fourth-order valence-corrected chi connectivity index (χ4v) is 7.52. The molecular formula is C40H48ClN3O11. The number of anilines is 1. The van der Waals surface area contributed by atoms with E-state index in [9.17, 15) is 39.3 Å². The standard InChI is InChI=1S/C40H48ClN3O11/c1-22-8-7-9-29(21-46)40(52)18-31(53-38(51)42-40)23(2)36-39(4,55-36)32(17-33(48)44(6)30-16-25(14-22)15-28(20-45)35(30)41)54-34(49)19-43(5)37(50)27-12-10-26(11-13-27)24(3)47/h7-13,15-16,23,29,31-32,36,45-46,52H,14,17-21H2,1-6H3,(H,42,51)/b9-7+,22-8+/t23-,29+,31+,32+,36+,39+,40+/m1/s1. The smallest absolute Gasteiger partial charge is 0.409 e. The summed E-state index contributed by atoms with van der Waals surface area (Å²) in [5.41, 5.74) is -0.180. The number of epoxide rings is 1. The Labute approximate surface area is 324 Å². The van der Waals surface area contributed by atoms with E-state index in [1.807, 2.05) is 6.92 Å². The Hall–Kier alpha value is -4.60. The number of nitrogens with zero attached hydrogens (tertiary/aromatic N) is 2. The lowest BCUT2D eigenvalue weighted by molar-refractivity contribution is -0.154. The van der Waals surface area contributed by atoms with Crippen molar-refractivity contribution >= 4 is 46.9 Å². The number of allylic oxidation sites excluding steroid dienone is 3. The highest BCUT2D eigenvalue weighted by Gasteiger charge is 2.64. The molecule has 0 saturated carbocycles. The third kappa shape index (κ3) is 9.11. The van der Waals surface area contributed by atoms with Gasteiger partial charge in [0.2, 0.25) is 5.91 Å². The molecule has 0 unspecified atom stereocenters. The number of Topliss-reactive ketones (excluding diaryl/α,β-unsaturated/α-hetero) is 1. The van der Waals surface area contributed by atoms with Gasteiger partial charge >= 0.3 is 12.1 Å². The number of benzene rings is 2. The van der Waals surface area contributed by atoms with Crippen LogP contribution in [0.5, 0.6) is 0 Å². The highest BCUT2D eigenvalue weighted by molar-refractivity contribution is 6.34. The molecule has 0 spiro atoms. The Bertz CT molecular complexity index is 1900. The Balaban J connectivity index is 1.48. The lowest BCUT2D eigenvalue weighted by Gasteiger charge is -2.42. The number of esters is 1. The monoisotopic (exact) mass is 781 g/mol. The average Bonchev–Trinajstić information content (AvgIpc) is 3.83. The van der Waals surface area contributed by atoms with E-state index in [1.165, 1.54) is 50.2 Å². The third-order valence-corrected chi connectivity index (χ3v) is 11.1. The summed E-state index contributed by atoms with van der Waals surface area (Å²) in [6.45, 7) is 5.31. The molecule has 5 rings (SSSR count). The van der Waals surface area contributed by atoms with Gasteiger partial charge in [-0.25, -0.2) is 4.79 Å². The van der Waals surface area contributed by atoms with E-state index in [2.05, 4.69) is 5.32 Å². The van der Waals surface area contributed by atoms with Gasteiger partial charge in [0.1, 0.15) is 24.4 Å². The lowest BCUT2D eigenvalue weighted by atomic mass is 9.81. The number of nitrogens with one attached hydrogen (secondary N) is 1. The number of alkyl carbamates (subject to hydrolysis) is 1. The maximum absolute atomic E-state index is 14.1. The number of fused-ring (bicyclic) bond motifs is 5. The lowest BCUT2D eigenvalue weighted by Crippen LogP contribution is -2.62. The summed E-state index contributed by atoms with van der Waals surface area (Å²) in [6, 6.07) is 9.47. The fraction of sp³-hybridized carbons (Fsp3) is 0.475. The number of carbonyl (C=O) groups is 5. The van der Waals surface area contributed by atoms with Crippen LogP contribution >= 0.6 is 11.6 Å². The molecule has 3 heterocycles. The number of ether oxygens (including phenoxy) is 3. The molecule has 296 valence electrons. The predicted octanol–water partition coefficient (Wildman–Crippen LogP) is 3.72. The molecule has 55 heavy (non-hydrogen) atoms. The van der Waals surface area contributed by atoms with Crippen molar-refractivity contribution in [1.82, 2.24) is 10.2 Å². The van der Waals surface area contributed by atoms with Crippen LogP contribution in [0, 0.1) is 11.8 Å². The number of aliphatic hydroxyl groups is 3. The normalized spacial score (nSPS) is 29.8. The summed E-state index contributed by atoms with van der Waals surface area (Å²) in [4.78, 5) is 67.8. The van der Waals surface area contributed by atoms with Gasteiger partial charge in [-0.15, -0.1) is 0 Å². The molecule has 15 heteroatoms. The van der Waals surface area contributed by atoms with Crippen LogP contribution in [-0.2, 0) is 36.8 Å². The number of carbonyl (C=O) groups excluding carboxylic acids is 5. The quantitative estimate of drug-likeness (QED) is 0.182. The molecule has 3 aliphatic heterocycles. The van der Waals surface area contributed by atoms with Crippen molar-refractivity contribution in [2.75, 3.05) is 32.1 Å². The summed E-state index contributed by atoms with van der Waals surface area (Å²) < 4.78 is 17.8. The number of halogens is 1. The van der Waals surface area contributed by atoms with Crippen molar-refractivity contribution < 1.29 is 53.5 Å². The molecule has 4 bridgehead atoms. The summed E-state index contributed by atoms with van der Waals surface area (Å²) in [6.07, 6.45) is 1.22.